The van der Waals surface area contributed by atoms with Crippen LogP contribution in [0, 0.1) is 0 Å². The minimum atomic E-state index is -1.08. The standard InChI is InChI=1S/C16H33O2P.C2H4O2/c1-5-8-11-19(12-9-6-2,13-10-7-3)15(4)14-16(17)18;1-2(3)4/h15H,5-14H2,1-4H3;1H3,(H,3,4). The van der Waals surface area contributed by atoms with E-state index in [-0.39, 0.29) is 0 Å². The number of rotatable bonds is 12. The minimum Gasteiger partial charge on any atom is -0.550 e. The van der Waals surface area contributed by atoms with Crippen molar-refractivity contribution in [2.45, 2.75) is 85.2 Å². The molecule has 0 heterocycles. The first kappa shape index (κ1) is 24.6. The van der Waals surface area contributed by atoms with Gasteiger partial charge in [-0.25, -0.2) is 0 Å². The van der Waals surface area contributed by atoms with Gasteiger partial charge in [-0.1, -0.05) is 40.0 Å². The van der Waals surface area contributed by atoms with Gasteiger partial charge in [-0.05, 0) is 33.1 Å². The molecule has 5 heteroatoms. The Balaban J connectivity index is 0. The van der Waals surface area contributed by atoms with Crippen molar-refractivity contribution in [2.75, 3.05) is 18.5 Å². The van der Waals surface area contributed by atoms with Gasteiger partial charge >= 0.3 is 5.97 Å². The number of aliphatic carboxylic acids is 2. The molecule has 0 saturated carbocycles. The van der Waals surface area contributed by atoms with Gasteiger partial charge in [0.05, 0.1) is 30.6 Å². The summed E-state index contributed by atoms with van der Waals surface area (Å²) >= 11 is 0. The van der Waals surface area contributed by atoms with Gasteiger partial charge in [-0.2, -0.15) is 0 Å². The van der Waals surface area contributed by atoms with Crippen molar-refractivity contribution in [1.29, 1.82) is 0 Å². The van der Waals surface area contributed by atoms with Gasteiger partial charge in [0, 0.05) is 13.2 Å². The molecule has 0 bridgehead atoms. The number of carboxylic acids is 2. The number of carbonyl (C=O) groups excluding carboxylic acids is 1. The van der Waals surface area contributed by atoms with Crippen molar-refractivity contribution in [3.05, 3.63) is 0 Å². The number of carbonyl (C=O) groups is 2. The number of hydrogen-bond acceptors (Lipinski definition) is 3. The Bertz CT molecular complexity index is 292. The Hall–Kier alpha value is -0.630. The Morgan fingerprint density at radius 3 is 1.48 bits per heavy atom. The number of hydrogen-bond donors (Lipinski definition) is 1. The summed E-state index contributed by atoms with van der Waals surface area (Å²) in [5.41, 5.74) is 0.412. The fourth-order valence-corrected chi connectivity index (χ4v) is 8.24. The lowest BCUT2D eigenvalue weighted by atomic mass is 10.3. The van der Waals surface area contributed by atoms with E-state index in [0.717, 1.165) is 6.92 Å². The van der Waals surface area contributed by atoms with E-state index in [1.807, 2.05) is 0 Å². The largest absolute Gasteiger partial charge is 0.550 e. The average Bonchev–Trinajstić information content (AvgIpc) is 2.45. The van der Waals surface area contributed by atoms with Crippen molar-refractivity contribution in [2.24, 2.45) is 0 Å². The molecular formula is C18H37O4P. The molecule has 0 fully saturated rings. The van der Waals surface area contributed by atoms with Crippen molar-refractivity contribution < 1.29 is 19.8 Å². The van der Waals surface area contributed by atoms with Gasteiger partial charge in [0.25, 0.3) is 0 Å². The minimum absolute atomic E-state index is 0.380. The van der Waals surface area contributed by atoms with Crippen LogP contribution in [-0.4, -0.2) is 41.2 Å². The molecule has 1 unspecified atom stereocenters. The van der Waals surface area contributed by atoms with Gasteiger partial charge in [-0.3, -0.25) is 4.79 Å². The highest BCUT2D eigenvalue weighted by Gasteiger charge is 2.42. The second kappa shape index (κ2) is 14.9. The molecule has 0 saturated heterocycles. The van der Waals surface area contributed by atoms with Crippen molar-refractivity contribution in [3.8, 4) is 0 Å². The van der Waals surface area contributed by atoms with Gasteiger partial charge in [0.1, 0.15) is 0 Å². The van der Waals surface area contributed by atoms with Crippen LogP contribution < -0.4 is 5.11 Å². The summed E-state index contributed by atoms with van der Waals surface area (Å²) in [7, 11) is -1.07. The Kier molecular flexibility index (Phi) is 16.0. The van der Waals surface area contributed by atoms with Crippen LogP contribution in [0.3, 0.4) is 0 Å². The number of carboxylic acid groups (broad SMARTS) is 2. The summed E-state index contributed by atoms with van der Waals surface area (Å²) in [6, 6.07) is 0. The zero-order valence-corrected chi connectivity index (χ0v) is 16.7. The highest BCUT2D eigenvalue weighted by molar-refractivity contribution is 7.76. The summed E-state index contributed by atoms with van der Waals surface area (Å²) in [6.07, 6.45) is 11.9. The van der Waals surface area contributed by atoms with E-state index in [1.54, 1.807) is 0 Å². The van der Waals surface area contributed by atoms with Crippen LogP contribution in [-0.2, 0) is 9.59 Å². The molecule has 4 nitrogen and oxygen atoms in total. The molecule has 0 aromatic heterocycles. The first-order valence-corrected chi connectivity index (χ1v) is 11.4. The highest BCUT2D eigenvalue weighted by Crippen LogP contribution is 2.65. The van der Waals surface area contributed by atoms with Gasteiger partial charge in [-0.15, -0.1) is 0 Å². The highest BCUT2D eigenvalue weighted by atomic mass is 31.2. The van der Waals surface area contributed by atoms with E-state index >= 15 is 0 Å². The van der Waals surface area contributed by atoms with Crippen LogP contribution in [0.15, 0.2) is 0 Å². The number of unbranched alkanes of at least 4 members (excludes halogenated alkanes) is 3. The molecule has 0 aromatic rings. The third kappa shape index (κ3) is 13.5. The van der Waals surface area contributed by atoms with Crippen LogP contribution in [0.4, 0.5) is 0 Å². The van der Waals surface area contributed by atoms with E-state index < -0.39 is 19.2 Å². The van der Waals surface area contributed by atoms with Crippen LogP contribution in [0.25, 0.3) is 0 Å². The topological polar surface area (TPSA) is 77.4 Å². The second-order valence-corrected chi connectivity index (χ2v) is 11.0. The summed E-state index contributed by atoms with van der Waals surface area (Å²) < 4.78 is 0. The molecule has 1 N–H and O–H groups in total. The van der Waals surface area contributed by atoms with Crippen LogP contribution in [0.1, 0.15) is 79.6 Å². The van der Waals surface area contributed by atoms with E-state index in [0.29, 0.717) is 12.1 Å². The van der Waals surface area contributed by atoms with E-state index in [2.05, 4.69) is 27.7 Å². The SMILES string of the molecule is CC(=O)[O-].CCCC[P+](CCCC)(CCCC)C(C)CC(=O)O. The summed E-state index contributed by atoms with van der Waals surface area (Å²) in [5.74, 6) is -1.69. The van der Waals surface area contributed by atoms with Gasteiger partial charge in [0.2, 0.25) is 0 Å². The molecule has 23 heavy (non-hydrogen) atoms. The Morgan fingerprint density at radius 1 is 0.957 bits per heavy atom. The third-order valence-corrected chi connectivity index (χ3v) is 9.95. The normalized spacial score (nSPS) is 12.2. The molecule has 0 rings (SSSR count). The van der Waals surface area contributed by atoms with Crippen molar-refractivity contribution in [1.82, 2.24) is 0 Å². The molecule has 1 atom stereocenters. The van der Waals surface area contributed by atoms with Crippen molar-refractivity contribution >= 4 is 19.2 Å². The molecule has 0 radical (unpaired) electrons. The van der Waals surface area contributed by atoms with Crippen LogP contribution in [0.2, 0.25) is 0 Å². The first-order valence-electron chi connectivity index (χ1n) is 9.00. The van der Waals surface area contributed by atoms with Crippen molar-refractivity contribution in [3.63, 3.8) is 0 Å². The fourth-order valence-electron chi connectivity index (χ4n) is 2.86. The van der Waals surface area contributed by atoms with E-state index in [1.165, 1.54) is 57.0 Å². The van der Waals surface area contributed by atoms with Crippen LogP contribution >= 0.6 is 7.26 Å². The maximum absolute atomic E-state index is 11.1. The molecule has 0 aliphatic carbocycles. The fraction of sp³-hybridized carbons (Fsp3) is 0.889. The van der Waals surface area contributed by atoms with Gasteiger partial charge < -0.3 is 15.0 Å². The molecule has 0 aromatic carbocycles. The quantitative estimate of drug-likeness (QED) is 0.540. The van der Waals surface area contributed by atoms with E-state index in [9.17, 15) is 4.79 Å². The molecular weight excluding hydrogens is 311 g/mol. The molecule has 0 aliphatic heterocycles. The summed E-state index contributed by atoms with van der Waals surface area (Å²) in [6.45, 7) is 9.92. The molecule has 0 amide bonds. The predicted molar refractivity (Wildman–Crippen MR) is 98.6 cm³/mol. The predicted octanol–water partition coefficient (Wildman–Crippen LogP) is 4.02. The monoisotopic (exact) mass is 348 g/mol. The lowest BCUT2D eigenvalue weighted by molar-refractivity contribution is -0.302. The molecule has 0 spiro atoms. The lowest BCUT2D eigenvalue weighted by Crippen LogP contribution is -2.22. The average molecular weight is 348 g/mol. The summed E-state index contributed by atoms with van der Waals surface area (Å²) in [4.78, 5) is 20.0. The van der Waals surface area contributed by atoms with E-state index in [4.69, 9.17) is 15.0 Å². The maximum atomic E-state index is 11.1. The first-order chi connectivity index (χ1) is 10.8. The Labute approximate surface area is 143 Å². The maximum Gasteiger partial charge on any atom is 0.307 e. The summed E-state index contributed by atoms with van der Waals surface area (Å²) in [5, 5.41) is 18.0. The van der Waals surface area contributed by atoms with Gasteiger partial charge in [0.15, 0.2) is 0 Å². The van der Waals surface area contributed by atoms with Crippen LogP contribution in [0.5, 0.6) is 0 Å². The smallest absolute Gasteiger partial charge is 0.307 e. The second-order valence-electron chi connectivity index (χ2n) is 6.39. The zero-order valence-electron chi connectivity index (χ0n) is 15.8. The third-order valence-electron chi connectivity index (χ3n) is 4.28. The Morgan fingerprint density at radius 2 is 1.26 bits per heavy atom. The zero-order chi connectivity index (χ0) is 18.3. The molecule has 138 valence electrons. The lowest BCUT2D eigenvalue weighted by Gasteiger charge is -2.33. The molecule has 0 aliphatic rings.